The third-order valence-electron chi connectivity index (χ3n) is 2.46. The van der Waals surface area contributed by atoms with Crippen LogP contribution in [0.2, 0.25) is 0 Å². The second-order valence-electron chi connectivity index (χ2n) is 3.77. The molecule has 0 bridgehead atoms. The monoisotopic (exact) mass is 308 g/mol. The summed E-state index contributed by atoms with van der Waals surface area (Å²) >= 11 is 3.21. The van der Waals surface area contributed by atoms with Gasteiger partial charge in [-0.25, -0.2) is 4.39 Å². The predicted molar refractivity (Wildman–Crippen MR) is 71.0 cm³/mol. The van der Waals surface area contributed by atoms with E-state index in [4.69, 9.17) is 0 Å². The number of benzene rings is 1. The molecule has 2 aromatic rings. The Morgan fingerprint density at radius 1 is 1.39 bits per heavy atom. The Bertz CT molecular complexity index is 601. The molecule has 0 spiro atoms. The summed E-state index contributed by atoms with van der Waals surface area (Å²) in [4.78, 5) is 15.9. The van der Waals surface area contributed by atoms with E-state index in [0.717, 1.165) is 5.56 Å². The molecule has 1 aromatic heterocycles. The molecule has 1 amide bonds. The van der Waals surface area contributed by atoms with Crippen molar-refractivity contribution < 1.29 is 9.18 Å². The minimum atomic E-state index is -0.558. The molecule has 0 fully saturated rings. The van der Waals surface area contributed by atoms with Crippen LogP contribution < -0.4 is 5.32 Å². The van der Waals surface area contributed by atoms with Crippen molar-refractivity contribution in [2.24, 2.45) is 0 Å². The van der Waals surface area contributed by atoms with Crippen LogP contribution in [0.1, 0.15) is 15.9 Å². The number of amides is 1. The Morgan fingerprint density at radius 2 is 2.17 bits per heavy atom. The third-order valence-corrected chi connectivity index (χ3v) is 2.95. The van der Waals surface area contributed by atoms with Gasteiger partial charge in [0.25, 0.3) is 5.91 Å². The molecule has 92 valence electrons. The maximum Gasteiger partial charge on any atom is 0.258 e. The Kier molecular flexibility index (Phi) is 3.72. The number of aryl methyl sites for hydroxylation is 1. The molecule has 0 saturated heterocycles. The molecule has 0 radical (unpaired) electrons. The first-order valence-corrected chi connectivity index (χ1v) is 6.04. The molecule has 0 aliphatic rings. The van der Waals surface area contributed by atoms with Gasteiger partial charge in [-0.1, -0.05) is 15.9 Å². The molecule has 2 rings (SSSR count). The number of rotatable bonds is 2. The molecule has 0 aliphatic carbocycles. The van der Waals surface area contributed by atoms with Crippen molar-refractivity contribution in [3.8, 4) is 0 Å². The molecule has 1 heterocycles. The summed E-state index contributed by atoms with van der Waals surface area (Å²) in [6.45, 7) is 1.84. The zero-order chi connectivity index (χ0) is 13.1. The standard InChI is InChI=1S/C13H10BrFN2O/c1-8-4-5-16-7-12(8)17-13(18)10-6-9(14)2-3-11(10)15/h2-7H,1H3,(H,17,18). The van der Waals surface area contributed by atoms with Crippen molar-refractivity contribution in [1.29, 1.82) is 0 Å². The average molecular weight is 309 g/mol. The van der Waals surface area contributed by atoms with Gasteiger partial charge in [-0.05, 0) is 36.8 Å². The number of anilines is 1. The highest BCUT2D eigenvalue weighted by molar-refractivity contribution is 9.10. The molecule has 18 heavy (non-hydrogen) atoms. The van der Waals surface area contributed by atoms with Crippen LogP contribution in [-0.4, -0.2) is 10.9 Å². The van der Waals surface area contributed by atoms with Gasteiger partial charge in [-0.3, -0.25) is 9.78 Å². The van der Waals surface area contributed by atoms with E-state index in [1.54, 1.807) is 18.3 Å². The van der Waals surface area contributed by atoms with Crippen molar-refractivity contribution in [2.45, 2.75) is 6.92 Å². The summed E-state index contributed by atoms with van der Waals surface area (Å²) in [5, 5.41) is 2.63. The van der Waals surface area contributed by atoms with E-state index in [-0.39, 0.29) is 5.56 Å². The first-order valence-electron chi connectivity index (χ1n) is 5.25. The number of carbonyl (C=O) groups excluding carboxylic acids is 1. The summed E-state index contributed by atoms with van der Waals surface area (Å²) in [7, 11) is 0. The molecule has 5 heteroatoms. The van der Waals surface area contributed by atoms with Gasteiger partial charge in [0.15, 0.2) is 0 Å². The van der Waals surface area contributed by atoms with Gasteiger partial charge in [0.05, 0.1) is 17.4 Å². The smallest absolute Gasteiger partial charge is 0.258 e. The fourth-order valence-electron chi connectivity index (χ4n) is 1.46. The van der Waals surface area contributed by atoms with Gasteiger partial charge in [0.1, 0.15) is 5.82 Å². The summed E-state index contributed by atoms with van der Waals surface area (Å²) in [6.07, 6.45) is 3.16. The molecule has 3 nitrogen and oxygen atoms in total. The van der Waals surface area contributed by atoms with E-state index < -0.39 is 11.7 Å². The largest absolute Gasteiger partial charge is 0.320 e. The molecule has 0 unspecified atom stereocenters. The van der Waals surface area contributed by atoms with Gasteiger partial charge in [0.2, 0.25) is 0 Å². The second-order valence-corrected chi connectivity index (χ2v) is 4.68. The maximum atomic E-state index is 13.5. The second kappa shape index (κ2) is 5.27. The molecular formula is C13H10BrFN2O. The SMILES string of the molecule is Cc1ccncc1NC(=O)c1cc(Br)ccc1F. The average Bonchev–Trinajstić information content (AvgIpc) is 2.35. The van der Waals surface area contributed by atoms with Crippen LogP contribution in [0, 0.1) is 12.7 Å². The lowest BCUT2D eigenvalue weighted by atomic mass is 10.2. The number of nitrogens with zero attached hydrogens (tertiary/aromatic N) is 1. The molecule has 1 aromatic carbocycles. The number of hydrogen-bond donors (Lipinski definition) is 1. The van der Waals surface area contributed by atoms with E-state index in [9.17, 15) is 9.18 Å². The molecule has 0 atom stereocenters. The number of carbonyl (C=O) groups is 1. The van der Waals surface area contributed by atoms with Crippen molar-refractivity contribution in [1.82, 2.24) is 4.98 Å². The Balaban J connectivity index is 2.28. The normalized spacial score (nSPS) is 10.2. The lowest BCUT2D eigenvalue weighted by molar-refractivity contribution is 0.102. The van der Waals surface area contributed by atoms with Gasteiger partial charge >= 0.3 is 0 Å². The fraction of sp³-hybridized carbons (Fsp3) is 0.0769. The highest BCUT2D eigenvalue weighted by Crippen LogP contribution is 2.18. The first-order chi connectivity index (χ1) is 8.58. The van der Waals surface area contributed by atoms with Gasteiger partial charge in [-0.2, -0.15) is 0 Å². The summed E-state index contributed by atoms with van der Waals surface area (Å²) in [5.74, 6) is -1.05. The van der Waals surface area contributed by atoms with Crippen LogP contribution in [0.5, 0.6) is 0 Å². The third kappa shape index (κ3) is 2.73. The Morgan fingerprint density at radius 3 is 2.89 bits per heavy atom. The van der Waals surface area contributed by atoms with Gasteiger partial charge in [-0.15, -0.1) is 0 Å². The highest BCUT2D eigenvalue weighted by atomic mass is 79.9. The Hall–Kier alpha value is -1.75. The maximum absolute atomic E-state index is 13.5. The van der Waals surface area contributed by atoms with Crippen molar-refractivity contribution in [2.75, 3.05) is 5.32 Å². The summed E-state index contributed by atoms with van der Waals surface area (Å²) in [6, 6.07) is 6.00. The molecule has 1 N–H and O–H groups in total. The zero-order valence-electron chi connectivity index (χ0n) is 9.58. The highest BCUT2D eigenvalue weighted by Gasteiger charge is 2.13. The molecular weight excluding hydrogens is 299 g/mol. The quantitative estimate of drug-likeness (QED) is 0.922. The number of hydrogen-bond acceptors (Lipinski definition) is 2. The minimum absolute atomic E-state index is 0.00683. The van der Waals surface area contributed by atoms with E-state index in [0.29, 0.717) is 10.2 Å². The van der Waals surface area contributed by atoms with E-state index >= 15 is 0 Å². The first kappa shape index (κ1) is 12.7. The zero-order valence-corrected chi connectivity index (χ0v) is 11.2. The molecule has 0 saturated carbocycles. The number of aromatic nitrogens is 1. The lowest BCUT2D eigenvalue weighted by Gasteiger charge is -2.08. The van der Waals surface area contributed by atoms with E-state index in [1.165, 1.54) is 18.3 Å². The van der Waals surface area contributed by atoms with Crippen LogP contribution in [-0.2, 0) is 0 Å². The fourth-order valence-corrected chi connectivity index (χ4v) is 1.82. The Labute approximate surface area is 112 Å². The van der Waals surface area contributed by atoms with Crippen LogP contribution >= 0.6 is 15.9 Å². The summed E-state index contributed by atoms with van der Waals surface area (Å²) < 4.78 is 14.2. The van der Waals surface area contributed by atoms with Gasteiger partial charge in [0, 0.05) is 10.7 Å². The van der Waals surface area contributed by atoms with Crippen molar-refractivity contribution in [3.05, 3.63) is 58.1 Å². The number of nitrogens with one attached hydrogen (secondary N) is 1. The van der Waals surface area contributed by atoms with Crippen molar-refractivity contribution >= 4 is 27.5 Å². The van der Waals surface area contributed by atoms with Crippen LogP contribution in [0.3, 0.4) is 0 Å². The van der Waals surface area contributed by atoms with Crippen LogP contribution in [0.25, 0.3) is 0 Å². The van der Waals surface area contributed by atoms with Crippen molar-refractivity contribution in [3.63, 3.8) is 0 Å². The minimum Gasteiger partial charge on any atom is -0.320 e. The predicted octanol–water partition coefficient (Wildman–Crippen LogP) is 3.54. The van der Waals surface area contributed by atoms with E-state index in [2.05, 4.69) is 26.2 Å². The lowest BCUT2D eigenvalue weighted by Crippen LogP contribution is -2.14. The van der Waals surface area contributed by atoms with Crippen LogP contribution in [0.4, 0.5) is 10.1 Å². The number of halogens is 2. The van der Waals surface area contributed by atoms with Gasteiger partial charge < -0.3 is 5.32 Å². The summed E-state index contributed by atoms with van der Waals surface area (Å²) in [5.41, 5.74) is 1.43. The van der Waals surface area contributed by atoms with E-state index in [1.807, 2.05) is 6.92 Å². The number of pyridine rings is 1. The topological polar surface area (TPSA) is 42.0 Å². The molecule has 0 aliphatic heterocycles. The van der Waals surface area contributed by atoms with Crippen LogP contribution in [0.15, 0.2) is 41.1 Å².